The number of hydrogen-bond acceptors (Lipinski definition) is 8. The number of methoxy groups -OCH3 is 1. The van der Waals surface area contributed by atoms with Gasteiger partial charge in [0.2, 0.25) is 0 Å². The molecule has 0 atom stereocenters. The highest BCUT2D eigenvalue weighted by atomic mass is 32.2. The minimum Gasteiger partial charge on any atom is -0.496 e. The van der Waals surface area contributed by atoms with Gasteiger partial charge in [-0.25, -0.2) is 10.1 Å². The molecule has 2 N–H and O–H groups in total. The molecule has 0 radical (unpaired) electrons. The first-order chi connectivity index (χ1) is 11.2. The molecule has 0 amide bonds. The van der Waals surface area contributed by atoms with Crippen molar-refractivity contribution < 1.29 is 14.6 Å². The number of aromatic nitrogens is 5. The number of thiazole rings is 1. The van der Waals surface area contributed by atoms with Gasteiger partial charge in [-0.05, 0) is 28.6 Å². The van der Waals surface area contributed by atoms with E-state index in [0.717, 1.165) is 14.8 Å². The zero-order chi connectivity index (χ0) is 16.2. The number of aromatic amines is 1. The predicted molar refractivity (Wildman–Crippen MR) is 83.7 cm³/mol. The Morgan fingerprint density at radius 1 is 1.48 bits per heavy atom. The van der Waals surface area contributed by atoms with Gasteiger partial charge in [0.05, 0.1) is 24.1 Å². The van der Waals surface area contributed by atoms with Gasteiger partial charge in [0.1, 0.15) is 5.75 Å². The fraction of sp³-hybridized carbons (Fsp3) is 0.154. The van der Waals surface area contributed by atoms with Crippen LogP contribution in [0.4, 0.5) is 0 Å². The van der Waals surface area contributed by atoms with Gasteiger partial charge in [-0.2, -0.15) is 0 Å². The van der Waals surface area contributed by atoms with Crippen molar-refractivity contribution in [2.75, 3.05) is 7.11 Å². The lowest BCUT2D eigenvalue weighted by atomic mass is 10.2. The largest absolute Gasteiger partial charge is 0.496 e. The average Bonchev–Trinajstić information content (AvgIpc) is 3.18. The summed E-state index contributed by atoms with van der Waals surface area (Å²) >= 11 is 2.80. The van der Waals surface area contributed by atoms with Gasteiger partial charge in [-0.15, -0.1) is 16.4 Å². The summed E-state index contributed by atoms with van der Waals surface area (Å²) in [5.41, 5.74) is 1.36. The van der Waals surface area contributed by atoms with Crippen LogP contribution in [0.2, 0.25) is 0 Å². The number of hydrogen-bond donors (Lipinski definition) is 2. The van der Waals surface area contributed by atoms with Crippen LogP contribution in [-0.4, -0.2) is 43.8 Å². The number of carboxylic acids is 1. The average molecular weight is 349 g/mol. The highest BCUT2D eigenvalue weighted by Crippen LogP contribution is 2.38. The number of nitrogens with zero attached hydrogens (tertiary/aromatic N) is 4. The summed E-state index contributed by atoms with van der Waals surface area (Å²) in [5, 5.41) is 24.3. The number of H-pyrrole nitrogens is 1. The van der Waals surface area contributed by atoms with Crippen LogP contribution in [0.25, 0.3) is 11.4 Å². The molecule has 8 nitrogen and oxygen atoms in total. The zero-order valence-corrected chi connectivity index (χ0v) is 13.5. The molecular formula is C13H11N5O3S2. The van der Waals surface area contributed by atoms with Crippen molar-refractivity contribution in [3.05, 3.63) is 29.3 Å². The molecule has 0 aliphatic heterocycles. The molecule has 3 aromatic rings. The maximum absolute atomic E-state index is 10.7. The molecule has 23 heavy (non-hydrogen) atoms. The van der Waals surface area contributed by atoms with Crippen LogP contribution in [0.3, 0.4) is 0 Å². The Morgan fingerprint density at radius 3 is 3.04 bits per heavy atom. The number of benzene rings is 1. The highest BCUT2D eigenvalue weighted by molar-refractivity contribution is 8.01. The number of carbonyl (C=O) groups is 1. The second kappa shape index (κ2) is 6.75. The minimum absolute atomic E-state index is 0.0853. The Morgan fingerprint density at radius 2 is 2.35 bits per heavy atom. The Kier molecular flexibility index (Phi) is 4.53. The van der Waals surface area contributed by atoms with E-state index in [1.54, 1.807) is 12.5 Å². The summed E-state index contributed by atoms with van der Waals surface area (Å²) in [6, 6.07) is 5.57. The fourth-order valence-electron chi connectivity index (χ4n) is 1.85. The third kappa shape index (κ3) is 3.66. The summed E-state index contributed by atoms with van der Waals surface area (Å²) < 4.78 is 6.10. The van der Waals surface area contributed by atoms with Crippen LogP contribution >= 0.6 is 23.1 Å². The van der Waals surface area contributed by atoms with Crippen LogP contribution in [0.5, 0.6) is 5.75 Å². The van der Waals surface area contributed by atoms with Gasteiger partial charge in [-0.1, -0.05) is 11.8 Å². The number of aliphatic carboxylic acids is 1. The molecule has 3 rings (SSSR count). The summed E-state index contributed by atoms with van der Waals surface area (Å²) in [6.45, 7) is 0. The molecule has 0 saturated carbocycles. The fourth-order valence-corrected chi connectivity index (χ4v) is 3.79. The van der Waals surface area contributed by atoms with Crippen LogP contribution in [-0.2, 0) is 11.2 Å². The SMILES string of the molecule is COc1ccc(-c2nnn[nH]2)cc1Sc1nc(CC(=O)O)cs1. The summed E-state index contributed by atoms with van der Waals surface area (Å²) in [5.74, 6) is 0.352. The number of ether oxygens (including phenoxy) is 1. The van der Waals surface area contributed by atoms with Crippen molar-refractivity contribution in [2.24, 2.45) is 0 Å². The molecule has 0 bridgehead atoms. The van der Waals surface area contributed by atoms with Gasteiger partial charge >= 0.3 is 5.97 Å². The summed E-state index contributed by atoms with van der Waals surface area (Å²) in [7, 11) is 1.59. The van der Waals surface area contributed by atoms with E-state index in [-0.39, 0.29) is 6.42 Å². The van der Waals surface area contributed by atoms with E-state index >= 15 is 0 Å². The first-order valence-electron chi connectivity index (χ1n) is 6.42. The summed E-state index contributed by atoms with van der Waals surface area (Å²) in [4.78, 5) is 15.9. The highest BCUT2D eigenvalue weighted by Gasteiger charge is 2.13. The molecule has 0 spiro atoms. The standard InChI is InChI=1S/C13H11N5O3S2/c1-21-9-3-2-7(12-15-17-18-16-12)4-10(9)23-13-14-8(6-22-13)5-11(19)20/h2-4,6H,5H2,1H3,(H,19,20)(H,15,16,17,18). The molecule has 0 saturated heterocycles. The Bertz CT molecular complexity index is 819. The Labute approximate surface area is 138 Å². The van der Waals surface area contributed by atoms with Gasteiger partial charge < -0.3 is 9.84 Å². The van der Waals surface area contributed by atoms with Crippen LogP contribution in [0, 0.1) is 0 Å². The topological polar surface area (TPSA) is 114 Å². The lowest BCUT2D eigenvalue weighted by molar-refractivity contribution is -0.136. The molecule has 0 unspecified atom stereocenters. The first kappa shape index (κ1) is 15.4. The van der Waals surface area contributed by atoms with Crippen LogP contribution in [0.1, 0.15) is 5.69 Å². The lowest BCUT2D eigenvalue weighted by Gasteiger charge is -2.07. The van der Waals surface area contributed by atoms with E-state index in [2.05, 4.69) is 25.6 Å². The monoisotopic (exact) mass is 349 g/mol. The van der Waals surface area contributed by atoms with Gasteiger partial charge in [0.25, 0.3) is 0 Å². The van der Waals surface area contributed by atoms with Crippen molar-refractivity contribution >= 4 is 29.1 Å². The lowest BCUT2D eigenvalue weighted by Crippen LogP contribution is -1.99. The Balaban J connectivity index is 1.87. The maximum atomic E-state index is 10.7. The van der Waals surface area contributed by atoms with Crippen molar-refractivity contribution in [1.29, 1.82) is 0 Å². The van der Waals surface area contributed by atoms with Crippen molar-refractivity contribution in [1.82, 2.24) is 25.6 Å². The molecule has 10 heteroatoms. The van der Waals surface area contributed by atoms with E-state index in [0.29, 0.717) is 17.3 Å². The predicted octanol–water partition coefficient (Wildman–Crippen LogP) is 2.11. The van der Waals surface area contributed by atoms with Crippen molar-refractivity contribution in [3.63, 3.8) is 0 Å². The normalized spacial score (nSPS) is 10.7. The van der Waals surface area contributed by atoms with Crippen LogP contribution < -0.4 is 4.74 Å². The number of nitrogens with one attached hydrogen (secondary N) is 1. The first-order valence-corrected chi connectivity index (χ1v) is 8.11. The van der Waals surface area contributed by atoms with Gasteiger partial charge in [0.15, 0.2) is 10.2 Å². The summed E-state index contributed by atoms with van der Waals surface area (Å²) in [6.07, 6.45) is -0.0853. The van der Waals surface area contributed by atoms with Gasteiger partial charge in [0, 0.05) is 10.9 Å². The molecule has 2 aromatic heterocycles. The molecule has 0 aliphatic rings. The maximum Gasteiger partial charge on any atom is 0.309 e. The Hall–Kier alpha value is -2.46. The molecule has 0 aliphatic carbocycles. The molecule has 118 valence electrons. The minimum atomic E-state index is -0.899. The number of tetrazole rings is 1. The van der Waals surface area contributed by atoms with Gasteiger partial charge in [-0.3, -0.25) is 4.79 Å². The zero-order valence-electron chi connectivity index (χ0n) is 11.9. The van der Waals surface area contributed by atoms with E-state index < -0.39 is 5.97 Å². The van der Waals surface area contributed by atoms with E-state index in [9.17, 15) is 4.79 Å². The van der Waals surface area contributed by atoms with E-state index in [1.165, 1.54) is 23.1 Å². The van der Waals surface area contributed by atoms with Crippen LogP contribution in [0.15, 0.2) is 32.8 Å². The van der Waals surface area contributed by atoms with E-state index in [1.807, 2.05) is 18.2 Å². The molecule has 0 fully saturated rings. The molecule has 1 aromatic carbocycles. The molecule has 2 heterocycles. The third-order valence-electron chi connectivity index (χ3n) is 2.84. The second-order valence-electron chi connectivity index (χ2n) is 4.39. The second-order valence-corrected chi connectivity index (χ2v) is 6.54. The van der Waals surface area contributed by atoms with Crippen molar-refractivity contribution in [2.45, 2.75) is 15.7 Å². The molecular weight excluding hydrogens is 338 g/mol. The number of rotatable bonds is 6. The quantitative estimate of drug-likeness (QED) is 0.695. The number of carboxylic acid groups (broad SMARTS) is 1. The van der Waals surface area contributed by atoms with Crippen molar-refractivity contribution in [3.8, 4) is 17.1 Å². The third-order valence-corrected chi connectivity index (χ3v) is 4.87. The smallest absolute Gasteiger partial charge is 0.309 e. The van der Waals surface area contributed by atoms with E-state index in [4.69, 9.17) is 9.84 Å².